The maximum absolute atomic E-state index is 11.4. The van der Waals surface area contributed by atoms with Crippen LogP contribution in [0.25, 0.3) is 0 Å². The molecule has 0 spiro atoms. The topological polar surface area (TPSA) is 41.6 Å². The van der Waals surface area contributed by atoms with Crippen molar-refractivity contribution in [2.45, 2.75) is 19.9 Å². The van der Waals surface area contributed by atoms with Gasteiger partial charge < -0.3 is 10.1 Å². The number of nitrogens with one attached hydrogen (secondary N) is 1. The first-order chi connectivity index (χ1) is 7.22. The minimum Gasteiger partial charge on any atom is -0.465 e. The fourth-order valence-electron chi connectivity index (χ4n) is 2.84. The Morgan fingerprint density at radius 2 is 2.33 bits per heavy atom. The summed E-state index contributed by atoms with van der Waals surface area (Å²) in [5, 5.41) is 3.41. The van der Waals surface area contributed by atoms with Crippen LogP contribution in [0.5, 0.6) is 0 Å². The van der Waals surface area contributed by atoms with Crippen LogP contribution in [0, 0.1) is 11.8 Å². The van der Waals surface area contributed by atoms with Crippen molar-refractivity contribution in [3.63, 3.8) is 0 Å². The van der Waals surface area contributed by atoms with Crippen LogP contribution in [0.4, 0.5) is 0 Å². The Kier molecular flexibility index (Phi) is 3.26. The van der Waals surface area contributed by atoms with Crippen molar-refractivity contribution in [3.05, 3.63) is 0 Å². The van der Waals surface area contributed by atoms with Crippen molar-refractivity contribution < 1.29 is 9.53 Å². The second-order valence-corrected chi connectivity index (χ2v) is 4.56. The molecule has 0 saturated carbocycles. The fourth-order valence-corrected chi connectivity index (χ4v) is 2.84. The largest absolute Gasteiger partial charge is 0.465 e. The Labute approximate surface area is 91.0 Å². The van der Waals surface area contributed by atoms with E-state index in [-0.39, 0.29) is 5.97 Å². The molecule has 2 rings (SSSR count). The molecular formula is C11H20N2O2. The average Bonchev–Trinajstić information content (AvgIpc) is 2.72. The van der Waals surface area contributed by atoms with E-state index in [1.807, 2.05) is 6.92 Å². The van der Waals surface area contributed by atoms with E-state index in [1.165, 1.54) is 0 Å². The number of likely N-dealkylation sites (tertiary alicyclic amines) is 1. The lowest BCUT2D eigenvalue weighted by molar-refractivity contribution is -0.144. The molecule has 2 fully saturated rings. The molecule has 2 saturated heterocycles. The second-order valence-electron chi connectivity index (χ2n) is 4.56. The molecule has 0 aliphatic carbocycles. The standard InChI is InChI=1S/C11H20N2O2/c1-3-15-11(14)7-13-6-9-4-12-5-10(9)8(13)2/h8-10,12H,3-7H2,1-2H3. The highest BCUT2D eigenvalue weighted by molar-refractivity contribution is 5.71. The van der Waals surface area contributed by atoms with Gasteiger partial charge in [0.15, 0.2) is 0 Å². The molecule has 0 aromatic rings. The molecule has 3 atom stereocenters. The monoisotopic (exact) mass is 212 g/mol. The first-order valence-electron chi connectivity index (χ1n) is 5.82. The molecule has 2 aliphatic rings. The van der Waals surface area contributed by atoms with E-state index in [9.17, 15) is 4.79 Å². The van der Waals surface area contributed by atoms with Crippen LogP contribution in [0.15, 0.2) is 0 Å². The molecule has 15 heavy (non-hydrogen) atoms. The minimum absolute atomic E-state index is 0.0858. The molecule has 4 nitrogen and oxygen atoms in total. The van der Waals surface area contributed by atoms with Gasteiger partial charge in [-0.05, 0) is 38.8 Å². The molecule has 2 aliphatic heterocycles. The summed E-state index contributed by atoms with van der Waals surface area (Å²) >= 11 is 0. The minimum atomic E-state index is -0.0858. The quantitative estimate of drug-likeness (QED) is 0.673. The highest BCUT2D eigenvalue weighted by Gasteiger charge is 2.42. The molecular weight excluding hydrogens is 192 g/mol. The molecule has 0 bridgehead atoms. The summed E-state index contributed by atoms with van der Waals surface area (Å²) in [7, 11) is 0. The third-order valence-corrected chi connectivity index (χ3v) is 3.69. The predicted molar refractivity (Wildman–Crippen MR) is 57.5 cm³/mol. The summed E-state index contributed by atoms with van der Waals surface area (Å²) < 4.78 is 4.98. The zero-order valence-electron chi connectivity index (χ0n) is 9.53. The van der Waals surface area contributed by atoms with Gasteiger partial charge in [-0.15, -0.1) is 0 Å². The molecule has 0 aromatic carbocycles. The number of nitrogens with zero attached hydrogens (tertiary/aromatic N) is 1. The van der Waals surface area contributed by atoms with Crippen molar-refractivity contribution in [1.82, 2.24) is 10.2 Å². The van der Waals surface area contributed by atoms with Gasteiger partial charge in [0.25, 0.3) is 0 Å². The van der Waals surface area contributed by atoms with Crippen LogP contribution in [0.1, 0.15) is 13.8 Å². The van der Waals surface area contributed by atoms with Crippen LogP contribution >= 0.6 is 0 Å². The van der Waals surface area contributed by atoms with E-state index in [0.29, 0.717) is 19.2 Å². The maximum atomic E-state index is 11.4. The molecule has 3 unspecified atom stereocenters. The van der Waals surface area contributed by atoms with E-state index in [2.05, 4.69) is 17.1 Å². The van der Waals surface area contributed by atoms with Crippen LogP contribution in [-0.2, 0) is 9.53 Å². The summed E-state index contributed by atoms with van der Waals surface area (Å²) in [6.45, 7) is 8.26. The molecule has 86 valence electrons. The lowest BCUT2D eigenvalue weighted by atomic mass is 9.95. The van der Waals surface area contributed by atoms with Gasteiger partial charge in [-0.2, -0.15) is 0 Å². The van der Waals surface area contributed by atoms with E-state index < -0.39 is 0 Å². The Hall–Kier alpha value is -0.610. The summed E-state index contributed by atoms with van der Waals surface area (Å²) in [4.78, 5) is 13.6. The van der Waals surface area contributed by atoms with Crippen LogP contribution in [0.3, 0.4) is 0 Å². The highest BCUT2D eigenvalue weighted by atomic mass is 16.5. The fraction of sp³-hybridized carbons (Fsp3) is 0.909. The molecule has 0 radical (unpaired) electrons. The number of carbonyl (C=O) groups is 1. The third kappa shape index (κ3) is 2.16. The van der Waals surface area contributed by atoms with Crippen LogP contribution < -0.4 is 5.32 Å². The number of fused-ring (bicyclic) bond motifs is 1. The number of esters is 1. The zero-order valence-corrected chi connectivity index (χ0v) is 9.53. The van der Waals surface area contributed by atoms with Crippen LogP contribution in [0.2, 0.25) is 0 Å². The van der Waals surface area contributed by atoms with E-state index in [0.717, 1.165) is 31.5 Å². The lowest BCUT2D eigenvalue weighted by Crippen LogP contribution is -2.37. The van der Waals surface area contributed by atoms with E-state index in [1.54, 1.807) is 0 Å². The van der Waals surface area contributed by atoms with Gasteiger partial charge in [-0.25, -0.2) is 0 Å². The Morgan fingerprint density at radius 1 is 1.53 bits per heavy atom. The van der Waals surface area contributed by atoms with Gasteiger partial charge in [0.2, 0.25) is 0 Å². The Bertz CT molecular complexity index is 245. The summed E-state index contributed by atoms with van der Waals surface area (Å²) in [6.07, 6.45) is 0. The summed E-state index contributed by atoms with van der Waals surface area (Å²) in [5.74, 6) is 1.37. The smallest absolute Gasteiger partial charge is 0.320 e. The van der Waals surface area contributed by atoms with Gasteiger partial charge in [-0.3, -0.25) is 9.69 Å². The number of hydrogen-bond acceptors (Lipinski definition) is 4. The Balaban J connectivity index is 1.87. The van der Waals surface area contributed by atoms with Gasteiger partial charge in [0.1, 0.15) is 0 Å². The van der Waals surface area contributed by atoms with Crippen molar-refractivity contribution in [3.8, 4) is 0 Å². The molecule has 4 heteroatoms. The van der Waals surface area contributed by atoms with Gasteiger partial charge in [0.05, 0.1) is 13.2 Å². The van der Waals surface area contributed by atoms with Gasteiger partial charge >= 0.3 is 5.97 Å². The first kappa shape index (κ1) is 10.9. The number of hydrogen-bond donors (Lipinski definition) is 1. The van der Waals surface area contributed by atoms with Gasteiger partial charge in [-0.1, -0.05) is 0 Å². The second kappa shape index (κ2) is 4.49. The van der Waals surface area contributed by atoms with Crippen molar-refractivity contribution in [2.75, 3.05) is 32.8 Å². The van der Waals surface area contributed by atoms with Gasteiger partial charge in [0, 0.05) is 12.6 Å². The average molecular weight is 212 g/mol. The molecule has 2 heterocycles. The maximum Gasteiger partial charge on any atom is 0.320 e. The lowest BCUT2D eigenvalue weighted by Gasteiger charge is -2.22. The van der Waals surface area contributed by atoms with E-state index >= 15 is 0 Å². The number of carbonyl (C=O) groups excluding carboxylic acids is 1. The predicted octanol–water partition coefficient (Wildman–Crippen LogP) is 0.0892. The summed E-state index contributed by atoms with van der Waals surface area (Å²) in [5.41, 5.74) is 0. The van der Waals surface area contributed by atoms with Crippen molar-refractivity contribution >= 4 is 5.97 Å². The number of rotatable bonds is 3. The molecule has 1 N–H and O–H groups in total. The molecule has 0 aromatic heterocycles. The van der Waals surface area contributed by atoms with Crippen molar-refractivity contribution in [2.24, 2.45) is 11.8 Å². The van der Waals surface area contributed by atoms with Crippen LogP contribution in [-0.4, -0.2) is 49.7 Å². The zero-order chi connectivity index (χ0) is 10.8. The van der Waals surface area contributed by atoms with E-state index in [4.69, 9.17) is 4.74 Å². The first-order valence-corrected chi connectivity index (χ1v) is 5.82. The Morgan fingerprint density at radius 3 is 3.00 bits per heavy atom. The number of ether oxygens (including phenoxy) is 1. The normalized spacial score (nSPS) is 35.5. The summed E-state index contributed by atoms with van der Waals surface area (Å²) in [6, 6.07) is 0.509. The van der Waals surface area contributed by atoms with Crippen molar-refractivity contribution in [1.29, 1.82) is 0 Å². The molecule has 0 amide bonds. The third-order valence-electron chi connectivity index (χ3n) is 3.69. The SMILES string of the molecule is CCOC(=O)CN1CC2CNCC2C1C. The highest BCUT2D eigenvalue weighted by Crippen LogP contribution is 2.31.